The van der Waals surface area contributed by atoms with Gasteiger partial charge in [-0.05, 0) is 70.3 Å². The van der Waals surface area contributed by atoms with Gasteiger partial charge in [0.25, 0.3) is 0 Å². The summed E-state index contributed by atoms with van der Waals surface area (Å²) in [7, 11) is 0.921. The number of nitrogens with zero attached hydrogens (tertiary/aromatic N) is 4. The van der Waals surface area contributed by atoms with Gasteiger partial charge in [-0.1, -0.05) is 24.3 Å². The van der Waals surface area contributed by atoms with Crippen molar-refractivity contribution < 1.29 is 9.32 Å². The topological polar surface area (TPSA) is 87.0 Å². The molecule has 3 unspecified atom stereocenters. The normalized spacial score (nSPS) is 28.6. The minimum Gasteiger partial charge on any atom is -0.384 e. The number of aromatic nitrogens is 1. The predicted octanol–water partition coefficient (Wildman–Crippen LogP) is 3.71. The average Bonchev–Trinajstić information content (AvgIpc) is 2.98. The number of amides is 1. The van der Waals surface area contributed by atoms with Crippen molar-refractivity contribution >= 4 is 20.2 Å². The molecule has 8 nitrogen and oxygen atoms in total. The number of nitrogens with two attached hydrogens (primary N) is 1. The first-order valence-corrected chi connectivity index (χ1v) is 14.1. The highest BCUT2D eigenvalue weighted by Crippen LogP contribution is 2.43. The van der Waals surface area contributed by atoms with Gasteiger partial charge in [-0.25, -0.2) is 9.65 Å². The molecule has 0 spiro atoms. The Morgan fingerprint density at radius 2 is 1.94 bits per heavy atom. The van der Waals surface area contributed by atoms with E-state index < -0.39 is 8.45 Å². The Bertz CT molecular complexity index is 896. The maximum Gasteiger partial charge on any atom is 0.225 e. The first-order valence-electron chi connectivity index (χ1n) is 12.9. The highest BCUT2D eigenvalue weighted by Gasteiger charge is 2.36. The zero-order chi connectivity index (χ0) is 24.8. The van der Waals surface area contributed by atoms with Crippen molar-refractivity contribution in [3.63, 3.8) is 0 Å². The predicted molar refractivity (Wildman–Crippen MR) is 142 cm³/mol. The molecule has 9 heteroatoms. The van der Waals surface area contributed by atoms with E-state index in [2.05, 4.69) is 62.7 Å². The summed E-state index contributed by atoms with van der Waals surface area (Å²) in [5, 5.41) is 3.55. The number of hydrogen-bond acceptors (Lipinski definition) is 7. The second-order valence-corrected chi connectivity index (χ2v) is 11.5. The number of hydrogen-bond donors (Lipinski definition) is 2. The SMILES string of the molecule is COP1NC/C=C\C=C/C(C)N1C1CCN(C(=O)C2CCN(C(C)c3ccnc(N)c3)CC2)CC1. The first kappa shape index (κ1) is 26.2. The maximum atomic E-state index is 13.4. The van der Waals surface area contributed by atoms with E-state index in [1.165, 1.54) is 5.56 Å². The molecule has 0 saturated carbocycles. The van der Waals surface area contributed by atoms with Gasteiger partial charge in [0, 0.05) is 57.0 Å². The third kappa shape index (κ3) is 6.49. The molecule has 4 heterocycles. The van der Waals surface area contributed by atoms with Crippen molar-refractivity contribution in [1.82, 2.24) is 24.5 Å². The van der Waals surface area contributed by atoms with Crippen LogP contribution in [0.15, 0.2) is 42.6 Å². The van der Waals surface area contributed by atoms with Gasteiger partial charge in [-0.3, -0.25) is 14.8 Å². The number of allylic oxidation sites excluding steroid dienone is 2. The lowest BCUT2D eigenvalue weighted by Crippen LogP contribution is -2.50. The molecule has 192 valence electrons. The van der Waals surface area contributed by atoms with Crippen molar-refractivity contribution in [2.45, 2.75) is 57.7 Å². The maximum absolute atomic E-state index is 13.4. The lowest BCUT2D eigenvalue weighted by atomic mass is 9.92. The Balaban J connectivity index is 1.29. The van der Waals surface area contributed by atoms with Crippen LogP contribution in [0.4, 0.5) is 5.82 Å². The van der Waals surface area contributed by atoms with Gasteiger partial charge < -0.3 is 15.2 Å². The van der Waals surface area contributed by atoms with Crippen LogP contribution in [0, 0.1) is 5.92 Å². The highest BCUT2D eigenvalue weighted by molar-refractivity contribution is 7.47. The molecule has 2 fully saturated rings. The van der Waals surface area contributed by atoms with Crippen LogP contribution in [-0.2, 0) is 9.32 Å². The van der Waals surface area contributed by atoms with Gasteiger partial charge in [0.15, 0.2) is 8.45 Å². The average molecular weight is 501 g/mol. The van der Waals surface area contributed by atoms with E-state index in [9.17, 15) is 4.79 Å². The molecule has 3 atom stereocenters. The van der Waals surface area contributed by atoms with Gasteiger partial charge in [0.2, 0.25) is 5.91 Å². The fraction of sp³-hybridized carbons (Fsp3) is 0.615. The molecule has 0 aromatic carbocycles. The van der Waals surface area contributed by atoms with Crippen molar-refractivity contribution in [2.24, 2.45) is 5.92 Å². The minimum absolute atomic E-state index is 0.133. The second-order valence-electron chi connectivity index (χ2n) is 9.81. The summed E-state index contributed by atoms with van der Waals surface area (Å²) in [6.45, 7) is 8.78. The number of nitrogens with one attached hydrogen (secondary N) is 1. The van der Waals surface area contributed by atoms with Crippen LogP contribution in [0.3, 0.4) is 0 Å². The van der Waals surface area contributed by atoms with Gasteiger partial charge in [-0.2, -0.15) is 0 Å². The molecule has 1 aromatic rings. The summed E-state index contributed by atoms with van der Waals surface area (Å²) in [6.07, 6.45) is 14.2. The quantitative estimate of drug-likeness (QED) is 0.596. The largest absolute Gasteiger partial charge is 0.384 e. The first-order chi connectivity index (χ1) is 17.0. The van der Waals surface area contributed by atoms with E-state index in [-0.39, 0.29) is 18.0 Å². The number of piperidine rings is 2. The summed E-state index contributed by atoms with van der Waals surface area (Å²) >= 11 is 0. The van der Waals surface area contributed by atoms with Crippen LogP contribution in [0.25, 0.3) is 0 Å². The number of carbonyl (C=O) groups is 1. The molecule has 3 aliphatic rings. The lowest BCUT2D eigenvalue weighted by molar-refractivity contribution is -0.138. The fourth-order valence-corrected chi connectivity index (χ4v) is 7.23. The smallest absolute Gasteiger partial charge is 0.225 e. The molecule has 0 radical (unpaired) electrons. The number of pyridine rings is 1. The van der Waals surface area contributed by atoms with Crippen LogP contribution in [-0.4, -0.2) is 77.3 Å². The van der Waals surface area contributed by atoms with E-state index in [1.54, 1.807) is 13.3 Å². The molecule has 3 N–H and O–H groups in total. The van der Waals surface area contributed by atoms with E-state index in [0.29, 0.717) is 17.8 Å². The van der Waals surface area contributed by atoms with Gasteiger partial charge in [0.1, 0.15) is 5.82 Å². The number of rotatable bonds is 5. The third-order valence-corrected chi connectivity index (χ3v) is 9.55. The number of likely N-dealkylation sites (tertiary alicyclic amines) is 2. The van der Waals surface area contributed by atoms with Crippen molar-refractivity contribution in [3.8, 4) is 0 Å². The molecule has 35 heavy (non-hydrogen) atoms. The van der Waals surface area contributed by atoms with Crippen LogP contribution in [0.1, 0.15) is 51.1 Å². The summed E-state index contributed by atoms with van der Waals surface area (Å²) in [4.78, 5) is 22.1. The zero-order valence-electron chi connectivity index (χ0n) is 21.3. The minimum atomic E-state index is -0.870. The van der Waals surface area contributed by atoms with Crippen LogP contribution in [0.2, 0.25) is 0 Å². The second kappa shape index (κ2) is 12.4. The molecular weight excluding hydrogens is 459 g/mol. The van der Waals surface area contributed by atoms with Gasteiger partial charge >= 0.3 is 0 Å². The van der Waals surface area contributed by atoms with Crippen molar-refractivity contribution in [2.75, 3.05) is 45.6 Å². The monoisotopic (exact) mass is 500 g/mol. The van der Waals surface area contributed by atoms with Crippen LogP contribution >= 0.6 is 8.45 Å². The summed E-state index contributed by atoms with van der Waals surface area (Å²) < 4.78 is 8.36. The lowest BCUT2D eigenvalue weighted by Gasteiger charge is -2.44. The standard InChI is InChI=1S/C26H41N6O2P/c1-20-7-5-4-6-13-29-35(34-3)32(20)24-11-17-31(18-12-24)26(33)22-9-15-30(16-10-22)21(2)23-8-14-28-25(27)19-23/h4-8,14,19-22,24,29H,9-13,15-18H2,1-3H3,(H2,27,28)/b6-4-,7-5-. The van der Waals surface area contributed by atoms with E-state index >= 15 is 0 Å². The van der Waals surface area contributed by atoms with Crippen LogP contribution in [0.5, 0.6) is 0 Å². The molecule has 2 saturated heterocycles. The molecule has 1 amide bonds. The van der Waals surface area contributed by atoms with Crippen molar-refractivity contribution in [3.05, 3.63) is 48.2 Å². The summed E-state index contributed by atoms with van der Waals surface area (Å²) in [5.41, 5.74) is 7.06. The van der Waals surface area contributed by atoms with E-state index in [4.69, 9.17) is 10.3 Å². The van der Waals surface area contributed by atoms with Gasteiger partial charge in [-0.15, -0.1) is 0 Å². The molecule has 1 aromatic heterocycles. The van der Waals surface area contributed by atoms with Crippen LogP contribution < -0.4 is 10.8 Å². The molecule has 3 aliphatic heterocycles. The summed E-state index contributed by atoms with van der Waals surface area (Å²) in [6, 6.07) is 4.97. The zero-order valence-corrected chi connectivity index (χ0v) is 22.2. The van der Waals surface area contributed by atoms with Gasteiger partial charge in [0.05, 0.1) is 0 Å². The number of nitrogen functional groups attached to an aromatic ring is 1. The highest BCUT2D eigenvalue weighted by atomic mass is 31.2. The molecular formula is C26H41N6O2P. The molecule has 0 aliphatic carbocycles. The Hall–Kier alpha value is -1.83. The fourth-order valence-electron chi connectivity index (χ4n) is 5.56. The number of anilines is 1. The Morgan fingerprint density at radius 3 is 2.63 bits per heavy atom. The Labute approximate surface area is 211 Å². The molecule has 4 rings (SSSR count). The van der Waals surface area contributed by atoms with E-state index in [0.717, 1.165) is 58.4 Å². The molecule has 0 bridgehead atoms. The van der Waals surface area contributed by atoms with Crippen molar-refractivity contribution in [1.29, 1.82) is 0 Å². The Kier molecular flexibility index (Phi) is 9.31. The number of carbonyl (C=O) groups excluding carboxylic acids is 1. The Morgan fingerprint density at radius 1 is 1.20 bits per heavy atom. The summed E-state index contributed by atoms with van der Waals surface area (Å²) in [5.74, 6) is 1.04. The van der Waals surface area contributed by atoms with E-state index in [1.807, 2.05) is 12.1 Å². The third-order valence-electron chi connectivity index (χ3n) is 7.65.